The summed E-state index contributed by atoms with van der Waals surface area (Å²) in [7, 11) is 5.84. The molecule has 0 aliphatic rings. The van der Waals surface area contributed by atoms with Gasteiger partial charge in [0.2, 0.25) is 0 Å². The van der Waals surface area contributed by atoms with Crippen LogP contribution in [0.3, 0.4) is 0 Å². The van der Waals surface area contributed by atoms with E-state index in [0.29, 0.717) is 6.01 Å². The number of anilines is 1. The van der Waals surface area contributed by atoms with E-state index in [2.05, 4.69) is 9.88 Å². The van der Waals surface area contributed by atoms with Crippen LogP contribution in [0.5, 0.6) is 0 Å². The van der Waals surface area contributed by atoms with E-state index in [1.54, 1.807) is 4.90 Å². The number of oxazole rings is 1. The second-order valence-electron chi connectivity index (χ2n) is 3.90. The summed E-state index contributed by atoms with van der Waals surface area (Å²) >= 11 is 0. The van der Waals surface area contributed by atoms with Crippen LogP contribution in [-0.2, 0) is 0 Å². The Morgan fingerprint density at radius 1 is 1.44 bits per heavy atom. The summed E-state index contributed by atoms with van der Waals surface area (Å²) in [6.07, 6.45) is 2.12. The number of hydrogen-bond acceptors (Lipinski definition) is 5. The van der Waals surface area contributed by atoms with E-state index in [1.807, 2.05) is 21.1 Å². The molecule has 16 heavy (non-hydrogen) atoms. The predicted octanol–water partition coefficient (Wildman–Crippen LogP) is 0.761. The SMILES string of the molecule is CN(C)CCCN(C)c1nc(C(=O)O)co1. The molecule has 6 heteroatoms. The molecule has 0 aromatic carbocycles. The highest BCUT2D eigenvalue weighted by Gasteiger charge is 2.13. The van der Waals surface area contributed by atoms with E-state index in [1.165, 1.54) is 0 Å². The van der Waals surface area contributed by atoms with E-state index < -0.39 is 5.97 Å². The molecule has 1 aromatic rings. The van der Waals surface area contributed by atoms with Crippen molar-refractivity contribution >= 4 is 12.0 Å². The summed E-state index contributed by atoms with van der Waals surface area (Å²) in [5.74, 6) is -1.07. The Kier molecular flexibility index (Phi) is 4.30. The molecule has 0 amide bonds. The number of nitrogens with zero attached hydrogens (tertiary/aromatic N) is 3. The number of hydrogen-bond donors (Lipinski definition) is 1. The minimum Gasteiger partial charge on any atom is -0.476 e. The summed E-state index contributed by atoms with van der Waals surface area (Å²) < 4.78 is 5.07. The number of carbonyl (C=O) groups is 1. The van der Waals surface area contributed by atoms with Crippen molar-refractivity contribution in [1.29, 1.82) is 0 Å². The lowest BCUT2D eigenvalue weighted by molar-refractivity contribution is 0.0690. The second-order valence-corrected chi connectivity index (χ2v) is 3.90. The number of aromatic carboxylic acids is 1. The van der Waals surface area contributed by atoms with E-state index in [0.717, 1.165) is 25.8 Å². The number of carboxylic acids is 1. The van der Waals surface area contributed by atoms with Crippen LogP contribution < -0.4 is 4.90 Å². The Morgan fingerprint density at radius 2 is 2.12 bits per heavy atom. The first kappa shape index (κ1) is 12.5. The van der Waals surface area contributed by atoms with Crippen molar-refractivity contribution in [2.75, 3.05) is 39.1 Å². The first-order chi connectivity index (χ1) is 7.50. The van der Waals surface area contributed by atoms with Gasteiger partial charge in [0, 0.05) is 13.6 Å². The van der Waals surface area contributed by atoms with E-state index in [9.17, 15) is 4.79 Å². The normalized spacial score (nSPS) is 10.8. The number of aromatic nitrogens is 1. The largest absolute Gasteiger partial charge is 0.476 e. The Balaban J connectivity index is 2.46. The van der Waals surface area contributed by atoms with Gasteiger partial charge in [0.15, 0.2) is 5.69 Å². The van der Waals surface area contributed by atoms with Crippen LogP contribution in [0.4, 0.5) is 6.01 Å². The molecule has 0 bridgehead atoms. The fraction of sp³-hybridized carbons (Fsp3) is 0.600. The van der Waals surface area contributed by atoms with Gasteiger partial charge in [-0.15, -0.1) is 0 Å². The lowest BCUT2D eigenvalue weighted by Crippen LogP contribution is -2.23. The summed E-state index contributed by atoms with van der Waals surface area (Å²) in [5, 5.41) is 8.68. The minimum absolute atomic E-state index is 0.0607. The fourth-order valence-corrected chi connectivity index (χ4v) is 1.26. The highest BCUT2D eigenvalue weighted by atomic mass is 16.4. The Labute approximate surface area is 94.5 Å². The van der Waals surface area contributed by atoms with Gasteiger partial charge in [0.1, 0.15) is 6.26 Å². The van der Waals surface area contributed by atoms with Crippen molar-refractivity contribution < 1.29 is 14.3 Å². The van der Waals surface area contributed by atoms with Crippen LogP contribution in [0.2, 0.25) is 0 Å². The maximum atomic E-state index is 10.6. The molecule has 1 heterocycles. The van der Waals surface area contributed by atoms with E-state index in [4.69, 9.17) is 9.52 Å². The van der Waals surface area contributed by atoms with Gasteiger partial charge < -0.3 is 19.3 Å². The molecule has 0 radical (unpaired) electrons. The van der Waals surface area contributed by atoms with Crippen LogP contribution in [0.15, 0.2) is 10.7 Å². The van der Waals surface area contributed by atoms with Crippen molar-refractivity contribution in [3.05, 3.63) is 12.0 Å². The minimum atomic E-state index is -1.07. The molecule has 6 nitrogen and oxygen atoms in total. The van der Waals surface area contributed by atoms with Crippen molar-refractivity contribution in [2.45, 2.75) is 6.42 Å². The maximum absolute atomic E-state index is 10.6. The number of carboxylic acid groups (broad SMARTS) is 1. The van der Waals surface area contributed by atoms with Crippen molar-refractivity contribution in [3.8, 4) is 0 Å². The lowest BCUT2D eigenvalue weighted by Gasteiger charge is -2.15. The lowest BCUT2D eigenvalue weighted by atomic mass is 10.4. The van der Waals surface area contributed by atoms with Crippen LogP contribution in [0.25, 0.3) is 0 Å². The molecule has 0 spiro atoms. The zero-order valence-electron chi connectivity index (χ0n) is 9.80. The van der Waals surface area contributed by atoms with Gasteiger partial charge in [-0.05, 0) is 27.1 Å². The van der Waals surface area contributed by atoms with Gasteiger partial charge in [-0.2, -0.15) is 4.98 Å². The Bertz CT molecular complexity index is 349. The molecular formula is C10H17N3O3. The third kappa shape index (κ3) is 3.54. The quantitative estimate of drug-likeness (QED) is 0.773. The first-order valence-corrected chi connectivity index (χ1v) is 5.05. The second kappa shape index (κ2) is 5.50. The van der Waals surface area contributed by atoms with E-state index in [-0.39, 0.29) is 5.69 Å². The van der Waals surface area contributed by atoms with Gasteiger partial charge in [-0.1, -0.05) is 0 Å². The van der Waals surface area contributed by atoms with Crippen LogP contribution >= 0.6 is 0 Å². The van der Waals surface area contributed by atoms with Crippen molar-refractivity contribution in [3.63, 3.8) is 0 Å². The van der Waals surface area contributed by atoms with Crippen molar-refractivity contribution in [2.24, 2.45) is 0 Å². The maximum Gasteiger partial charge on any atom is 0.357 e. The Morgan fingerprint density at radius 3 is 2.62 bits per heavy atom. The molecule has 0 saturated carbocycles. The zero-order valence-corrected chi connectivity index (χ0v) is 9.80. The fourth-order valence-electron chi connectivity index (χ4n) is 1.26. The van der Waals surface area contributed by atoms with E-state index >= 15 is 0 Å². The molecule has 0 saturated heterocycles. The average molecular weight is 227 g/mol. The molecule has 0 unspecified atom stereocenters. The highest BCUT2D eigenvalue weighted by Crippen LogP contribution is 2.12. The summed E-state index contributed by atoms with van der Waals surface area (Å²) in [6.45, 7) is 1.74. The average Bonchev–Trinajstić information content (AvgIpc) is 2.65. The molecule has 1 rings (SSSR count). The monoisotopic (exact) mass is 227 g/mol. The van der Waals surface area contributed by atoms with Gasteiger partial charge in [-0.25, -0.2) is 4.79 Å². The van der Waals surface area contributed by atoms with Crippen LogP contribution in [0, 0.1) is 0 Å². The smallest absolute Gasteiger partial charge is 0.357 e. The van der Waals surface area contributed by atoms with Gasteiger partial charge in [0.05, 0.1) is 0 Å². The van der Waals surface area contributed by atoms with Crippen molar-refractivity contribution in [1.82, 2.24) is 9.88 Å². The van der Waals surface area contributed by atoms with Crippen LogP contribution in [0.1, 0.15) is 16.9 Å². The van der Waals surface area contributed by atoms with Crippen LogP contribution in [-0.4, -0.2) is 55.2 Å². The predicted molar refractivity (Wildman–Crippen MR) is 59.9 cm³/mol. The molecule has 90 valence electrons. The third-order valence-electron chi connectivity index (χ3n) is 2.14. The molecule has 0 atom stereocenters. The molecule has 0 aliphatic carbocycles. The molecule has 0 aliphatic heterocycles. The van der Waals surface area contributed by atoms with Gasteiger partial charge >= 0.3 is 5.97 Å². The topological polar surface area (TPSA) is 69.8 Å². The molecular weight excluding hydrogens is 210 g/mol. The summed E-state index contributed by atoms with van der Waals surface area (Å²) in [5.41, 5.74) is -0.0607. The highest BCUT2D eigenvalue weighted by molar-refractivity contribution is 5.85. The summed E-state index contributed by atoms with van der Waals surface area (Å²) in [6, 6.07) is 0.344. The standard InChI is InChI=1S/C10H17N3O3/c1-12(2)5-4-6-13(3)10-11-8(7-16-10)9(14)15/h7H,4-6H2,1-3H3,(H,14,15). The first-order valence-electron chi connectivity index (χ1n) is 5.05. The Hall–Kier alpha value is -1.56. The molecule has 1 N–H and O–H groups in total. The summed E-state index contributed by atoms with van der Waals surface area (Å²) in [4.78, 5) is 18.3. The molecule has 0 fully saturated rings. The number of rotatable bonds is 6. The third-order valence-corrected chi connectivity index (χ3v) is 2.14. The van der Waals surface area contributed by atoms with Gasteiger partial charge in [0.25, 0.3) is 6.01 Å². The zero-order chi connectivity index (χ0) is 12.1. The molecule has 1 aromatic heterocycles. The van der Waals surface area contributed by atoms with Gasteiger partial charge in [-0.3, -0.25) is 0 Å².